The number of hydrogen-bond acceptors (Lipinski definition) is 9. The second kappa shape index (κ2) is 11.7. The number of alkyl halides is 5. The van der Waals surface area contributed by atoms with Gasteiger partial charge in [0, 0.05) is 24.1 Å². The van der Waals surface area contributed by atoms with Gasteiger partial charge >= 0.3 is 12.2 Å². The maximum atomic E-state index is 16.7. The minimum absolute atomic E-state index is 0.110. The van der Waals surface area contributed by atoms with Gasteiger partial charge in [0.05, 0.1) is 39.8 Å². The Hall–Kier alpha value is -4.25. The van der Waals surface area contributed by atoms with Gasteiger partial charge in [0.15, 0.2) is 23.2 Å². The van der Waals surface area contributed by atoms with Crippen molar-refractivity contribution in [1.82, 2.24) is 24.8 Å². The molecule has 254 valence electrons. The lowest BCUT2D eigenvalue weighted by Crippen LogP contribution is -2.43. The van der Waals surface area contributed by atoms with E-state index in [2.05, 4.69) is 21.5 Å². The highest BCUT2D eigenvalue weighted by atomic mass is 32.1. The molecule has 0 bridgehead atoms. The van der Waals surface area contributed by atoms with Gasteiger partial charge in [-0.1, -0.05) is 17.9 Å². The summed E-state index contributed by atoms with van der Waals surface area (Å²) in [6, 6.07) is 1.91. The number of likely N-dealkylation sites (tertiary alicyclic amines) is 1. The molecule has 0 unspecified atom stereocenters. The van der Waals surface area contributed by atoms with Crippen LogP contribution < -0.4 is 15.2 Å². The molecule has 9 nitrogen and oxygen atoms in total. The molecule has 2 aromatic heterocycles. The van der Waals surface area contributed by atoms with Crippen molar-refractivity contribution in [3.63, 3.8) is 0 Å². The fourth-order valence-electron chi connectivity index (χ4n) is 6.96. The van der Waals surface area contributed by atoms with Crippen LogP contribution in [-0.2, 0) is 11.0 Å². The molecule has 0 aliphatic carbocycles. The smallest absolute Gasteiger partial charge is 0.417 e. The van der Waals surface area contributed by atoms with Crippen LogP contribution in [0.3, 0.4) is 0 Å². The van der Waals surface area contributed by atoms with Crippen LogP contribution in [0.4, 0.5) is 35.9 Å². The summed E-state index contributed by atoms with van der Waals surface area (Å²) in [4.78, 5) is 27.4. The molecule has 0 saturated carbocycles. The Morgan fingerprint density at radius 1 is 1.15 bits per heavy atom. The van der Waals surface area contributed by atoms with E-state index in [4.69, 9.17) is 15.2 Å². The minimum Gasteiger partial charge on any atom is -0.469 e. The number of benzene rings is 2. The molecule has 0 spiro atoms. The molecule has 4 atom stereocenters. The summed E-state index contributed by atoms with van der Waals surface area (Å²) < 4.78 is 116. The van der Waals surface area contributed by atoms with Crippen molar-refractivity contribution < 1.29 is 45.0 Å². The van der Waals surface area contributed by atoms with Crippen molar-refractivity contribution in [2.24, 2.45) is 0 Å². The first kappa shape index (κ1) is 32.3. The molecule has 0 radical (unpaired) electrons. The lowest BCUT2D eigenvalue weighted by molar-refractivity contribution is -0.137. The van der Waals surface area contributed by atoms with E-state index < -0.39 is 87.2 Å². The van der Waals surface area contributed by atoms with Crippen molar-refractivity contribution in [2.45, 2.75) is 49.4 Å². The number of carbonyl (C=O) groups is 1. The number of amides is 1. The summed E-state index contributed by atoms with van der Waals surface area (Å²) in [5.41, 5.74) is 1.24. The van der Waals surface area contributed by atoms with E-state index in [9.17, 15) is 26.7 Å². The Morgan fingerprint density at radius 3 is 2.69 bits per heavy atom. The lowest BCUT2D eigenvalue weighted by Gasteiger charge is -2.30. The van der Waals surface area contributed by atoms with Crippen molar-refractivity contribution in [2.75, 3.05) is 38.5 Å². The van der Waals surface area contributed by atoms with Crippen LogP contribution in [0.1, 0.15) is 24.8 Å². The van der Waals surface area contributed by atoms with Crippen LogP contribution in [0.15, 0.2) is 30.9 Å². The second-order valence-corrected chi connectivity index (χ2v) is 13.2. The number of anilines is 1. The molecule has 3 fully saturated rings. The molecule has 1 amide bonds. The number of rotatable bonds is 7. The quantitative estimate of drug-likeness (QED) is 0.190. The van der Waals surface area contributed by atoms with Gasteiger partial charge in [-0.25, -0.2) is 22.5 Å². The van der Waals surface area contributed by atoms with Gasteiger partial charge in [0.1, 0.15) is 24.1 Å². The van der Waals surface area contributed by atoms with Crippen molar-refractivity contribution >= 4 is 43.5 Å². The first-order valence-corrected chi connectivity index (χ1v) is 15.8. The predicted octanol–water partition coefficient (Wildman–Crippen LogP) is 5.85. The third-order valence-corrected chi connectivity index (χ3v) is 10.0. The molecule has 4 aromatic rings. The summed E-state index contributed by atoms with van der Waals surface area (Å²) in [6.45, 7) is 3.44. The minimum atomic E-state index is -5.17. The van der Waals surface area contributed by atoms with E-state index in [1.54, 1.807) is 0 Å². The van der Waals surface area contributed by atoms with Gasteiger partial charge in [-0.3, -0.25) is 9.69 Å². The Kier molecular flexibility index (Phi) is 7.89. The van der Waals surface area contributed by atoms with Crippen LogP contribution >= 0.6 is 11.3 Å². The lowest BCUT2D eigenvalue weighted by atomic mass is 9.95. The van der Waals surface area contributed by atoms with Gasteiger partial charge in [0.2, 0.25) is 11.8 Å². The average molecular weight is 697 g/mol. The van der Waals surface area contributed by atoms with Gasteiger partial charge in [0.25, 0.3) is 0 Å². The number of nitrogens with zero attached hydrogens (tertiary/aromatic N) is 5. The van der Waals surface area contributed by atoms with Crippen molar-refractivity contribution in [3.8, 4) is 23.0 Å². The summed E-state index contributed by atoms with van der Waals surface area (Å²) in [5, 5.41) is -0.706. The van der Waals surface area contributed by atoms with E-state index >= 15 is 8.78 Å². The SMILES string of the molecule is C=CC(=O)N1C[C@H](Oc2nc(OC[C@@]34CCCN3C[C@H](F)C4)nc3c(F)c(-c4ccc(F)c5sc(N)nc45)c(C(F)(F)F)cc23)[C@@H](F)C1. The standard InChI is InChI=1S/C31H27F7N6O3S/c1-2-21(45)43-11-19(34)20(12-43)47-27-16-8-17(31(36,37)38)22(15-4-5-18(33)26-25(15)40-28(39)48-26)23(35)24(16)41-29(42-27)46-13-30-6-3-7-44(30)10-14(32)9-30/h2,4-5,8,14,19-20H,1,3,6-7,9-13H2,(H2,39,40)/t14-,19+,20+,30+/m1/s1. The molecule has 3 aliphatic rings. The maximum absolute atomic E-state index is 16.7. The van der Waals surface area contributed by atoms with E-state index in [0.29, 0.717) is 30.4 Å². The maximum Gasteiger partial charge on any atom is 0.417 e. The molecular weight excluding hydrogens is 669 g/mol. The zero-order valence-electron chi connectivity index (χ0n) is 25.0. The number of aromatic nitrogens is 3. The Balaban J connectivity index is 1.39. The highest BCUT2D eigenvalue weighted by Crippen LogP contribution is 2.46. The van der Waals surface area contributed by atoms with Crippen LogP contribution in [0.2, 0.25) is 0 Å². The Labute approximate surface area is 272 Å². The highest BCUT2D eigenvalue weighted by Gasteiger charge is 2.49. The zero-order chi connectivity index (χ0) is 34.1. The first-order valence-electron chi connectivity index (χ1n) is 15.0. The summed E-state index contributed by atoms with van der Waals surface area (Å²) in [7, 11) is 0. The van der Waals surface area contributed by atoms with Gasteiger partial charge in [-0.2, -0.15) is 23.1 Å². The predicted molar refractivity (Wildman–Crippen MR) is 162 cm³/mol. The molecular formula is C31H27F7N6O3S. The van der Waals surface area contributed by atoms with Crippen LogP contribution in [-0.4, -0.2) is 87.4 Å². The monoisotopic (exact) mass is 696 g/mol. The number of fused-ring (bicyclic) bond motifs is 3. The molecule has 2 aromatic carbocycles. The van der Waals surface area contributed by atoms with E-state index in [1.807, 2.05) is 4.90 Å². The number of nitrogen functional groups attached to an aromatic ring is 1. The highest BCUT2D eigenvalue weighted by molar-refractivity contribution is 7.22. The number of thiazole rings is 1. The number of halogens is 7. The molecule has 7 rings (SSSR count). The van der Waals surface area contributed by atoms with Gasteiger partial charge in [-0.15, -0.1) is 0 Å². The first-order chi connectivity index (χ1) is 22.8. The number of hydrogen-bond donors (Lipinski definition) is 1. The summed E-state index contributed by atoms with van der Waals surface area (Å²) in [5.74, 6) is -3.50. The van der Waals surface area contributed by atoms with Crippen LogP contribution in [0.5, 0.6) is 11.9 Å². The Bertz CT molecular complexity index is 1960. The number of carbonyl (C=O) groups excluding carboxylic acids is 1. The van der Waals surface area contributed by atoms with Crippen molar-refractivity contribution in [3.05, 3.63) is 48.1 Å². The molecule has 3 aliphatic heterocycles. The second-order valence-electron chi connectivity index (χ2n) is 12.1. The largest absolute Gasteiger partial charge is 0.469 e. The molecule has 17 heteroatoms. The zero-order valence-corrected chi connectivity index (χ0v) is 25.8. The third-order valence-electron chi connectivity index (χ3n) is 9.14. The molecule has 48 heavy (non-hydrogen) atoms. The average Bonchev–Trinajstić information content (AvgIpc) is 3.78. The molecule has 3 saturated heterocycles. The fourth-order valence-corrected chi connectivity index (χ4v) is 7.72. The van der Waals surface area contributed by atoms with E-state index in [1.165, 1.54) is 0 Å². The van der Waals surface area contributed by atoms with E-state index in [0.717, 1.165) is 29.5 Å². The summed E-state index contributed by atoms with van der Waals surface area (Å²) in [6.07, 6.45) is -6.88. The van der Waals surface area contributed by atoms with Gasteiger partial charge < -0.3 is 20.1 Å². The normalized spacial score (nSPS) is 24.5. The number of ether oxygens (including phenoxy) is 2. The number of nitrogens with two attached hydrogens (primary N) is 1. The topological polar surface area (TPSA) is 107 Å². The fraction of sp³-hybridized carbons (Fsp3) is 0.419. The molecule has 2 N–H and O–H groups in total. The van der Waals surface area contributed by atoms with E-state index in [-0.39, 0.29) is 48.0 Å². The summed E-state index contributed by atoms with van der Waals surface area (Å²) >= 11 is 0.685. The molecule has 5 heterocycles. The van der Waals surface area contributed by atoms with Crippen molar-refractivity contribution in [1.29, 1.82) is 0 Å². The third kappa shape index (κ3) is 5.45. The van der Waals surface area contributed by atoms with Gasteiger partial charge in [-0.05, 0) is 43.7 Å². The van der Waals surface area contributed by atoms with Crippen LogP contribution in [0.25, 0.3) is 32.2 Å². The Morgan fingerprint density at radius 2 is 1.94 bits per heavy atom. The van der Waals surface area contributed by atoms with Crippen LogP contribution in [0, 0.1) is 11.6 Å².